The summed E-state index contributed by atoms with van der Waals surface area (Å²) >= 11 is 1.33. The molecular formula is C102H170N22O24S. The number of carbonyl (C=O) groups is 20. The zero-order valence-electron chi connectivity index (χ0n) is 89.6. The number of furan rings is 1. The molecule has 0 aliphatic rings. The molecule has 0 aliphatic carbocycles. The predicted molar refractivity (Wildman–Crippen MR) is 563 cm³/mol. The first-order valence-corrected chi connectivity index (χ1v) is 53.4. The molecule has 18 amide bonds. The highest BCUT2D eigenvalue weighted by molar-refractivity contribution is 7.98. The molecule has 3 aromatic rings. The van der Waals surface area contributed by atoms with E-state index in [1.54, 1.807) is 95.4 Å². The fourth-order valence-electron chi connectivity index (χ4n) is 16.4. The molecule has 838 valence electrons. The van der Waals surface area contributed by atoms with E-state index in [-0.39, 0.29) is 120 Å². The molecule has 1 heterocycles. The van der Waals surface area contributed by atoms with Gasteiger partial charge in [0, 0.05) is 30.2 Å². The van der Waals surface area contributed by atoms with Crippen molar-refractivity contribution in [3.63, 3.8) is 0 Å². The van der Waals surface area contributed by atoms with Crippen molar-refractivity contribution in [3.8, 4) is 0 Å². The number of nitrogens with one attached hydrogen (secondary N) is 16. The molecule has 19 atom stereocenters. The van der Waals surface area contributed by atoms with E-state index in [9.17, 15) is 111 Å². The first kappa shape index (κ1) is 131. The van der Waals surface area contributed by atoms with E-state index < -0.39 is 271 Å². The van der Waals surface area contributed by atoms with Crippen LogP contribution < -0.4 is 119 Å². The Labute approximate surface area is 877 Å². The van der Waals surface area contributed by atoms with E-state index in [0.29, 0.717) is 80.2 Å². The minimum Gasteiger partial charge on any atom is -0.481 e. The number of carboxylic acids is 2. The van der Waals surface area contributed by atoms with Crippen LogP contribution >= 0.6 is 11.8 Å². The quantitative estimate of drug-likeness (QED) is 0.0336. The Kier molecular flexibility index (Phi) is 59.6. The second-order valence-electron chi connectivity index (χ2n) is 40.4. The number of hydrogen-bond acceptors (Lipinski definition) is 27. The second-order valence-corrected chi connectivity index (χ2v) is 41.4. The maximum Gasteiger partial charge on any atom is 0.326 e. The number of fused-ring (bicyclic) bond motifs is 3. The van der Waals surface area contributed by atoms with Gasteiger partial charge in [-0.2, -0.15) is 11.8 Å². The average Bonchev–Trinajstić information content (AvgIpc) is 1.61. The molecule has 0 bridgehead atoms. The van der Waals surface area contributed by atoms with Crippen LogP contribution in [0.25, 0.3) is 21.9 Å². The molecule has 0 aliphatic heterocycles. The van der Waals surface area contributed by atoms with Crippen molar-refractivity contribution in [2.24, 2.45) is 81.7 Å². The Balaban J connectivity index is 1.86. The summed E-state index contributed by atoms with van der Waals surface area (Å²) in [4.78, 5) is 276. The molecule has 0 spiro atoms. The van der Waals surface area contributed by atoms with Crippen LogP contribution in [0.2, 0.25) is 0 Å². The van der Waals surface area contributed by atoms with Crippen molar-refractivity contribution in [1.29, 1.82) is 0 Å². The number of aliphatic hydroxyl groups excluding tert-OH is 1. The summed E-state index contributed by atoms with van der Waals surface area (Å²) in [7, 11) is 0. The third kappa shape index (κ3) is 45.6. The summed E-state index contributed by atoms with van der Waals surface area (Å²) in [6.45, 7) is 27.7. The maximum atomic E-state index is 14.7. The first-order valence-electron chi connectivity index (χ1n) is 52.0. The summed E-state index contributed by atoms with van der Waals surface area (Å²) < 4.78 is 6.66. The number of primary amides is 2. The van der Waals surface area contributed by atoms with Gasteiger partial charge in [-0.15, -0.1) is 0 Å². The zero-order valence-corrected chi connectivity index (χ0v) is 90.4. The zero-order chi connectivity index (χ0) is 112. The van der Waals surface area contributed by atoms with Crippen molar-refractivity contribution in [1.82, 2.24) is 85.1 Å². The number of aryl methyl sites for hydroxylation is 1. The molecule has 0 saturated carbocycles. The Bertz CT molecular complexity index is 4920. The van der Waals surface area contributed by atoms with Crippen LogP contribution in [0.3, 0.4) is 0 Å². The number of aliphatic carboxylic acids is 2. The van der Waals surface area contributed by atoms with Crippen molar-refractivity contribution < 1.29 is 116 Å². The summed E-state index contributed by atoms with van der Waals surface area (Å²) in [6.07, 6.45) is 3.32. The molecular weight excluding hydrogens is 1950 g/mol. The largest absolute Gasteiger partial charge is 0.481 e. The Hall–Kier alpha value is -12.2. The highest BCUT2D eigenvalue weighted by atomic mass is 32.2. The van der Waals surface area contributed by atoms with Gasteiger partial charge in [0.1, 0.15) is 102 Å². The fraction of sp³-hybridized carbons (Fsp3) is 0.686. The lowest BCUT2D eigenvalue weighted by atomic mass is 9.94. The van der Waals surface area contributed by atoms with Crippen LogP contribution in [0.5, 0.6) is 0 Å². The minimum absolute atomic E-state index is 0.0171. The summed E-state index contributed by atoms with van der Waals surface area (Å²) in [5.41, 5.74) is 36.9. The number of amides is 18. The van der Waals surface area contributed by atoms with Gasteiger partial charge in [-0.1, -0.05) is 166 Å². The standard InChI is InChI=1S/C102H170N22O24S/c1-18-58(14)80(108)97(141)112-66(34-22-25-43-104)89(133)117-72(49-55(8)9)94(138)120-75(52-125)96(140)122-81(56(10)11)98(142)114-68(37-38-76(106)126)91(135)111-69(41-46-149-17)92(136)110-65(33-21-24-42-103)88(132)115-70(47-53(4)5)87(131)109-45-40-62-30-28-32-64-63-31-27-29-61(85(63)148-86(62)64)36-39-78(128)121-83(59(15)19-2)100(144)124-84(60(16)20-3)101(145)123-82(57(12)13)99(143)113-67(35-23-26-44-105)90(134)116-71(48-54(6)7)93(137)118-73(50-77(107)127)95(139)119-74(102(146)147)51-79(129)130/h27-32,53-60,65-75,80-84,125H,18-26,33-52,103-105,108H2,1-17H3,(H2,106,126)(H2,107,127)(H,109,131)(H,110,136)(H,111,135)(H,112,141)(H,113,143)(H,114,142)(H,115,132)(H,116,134)(H,117,133)(H,118,137)(H,119,139)(H,120,138)(H,121,128)(H,122,140)(H,123,145)(H,124,144)(H,129,130)(H,146,147)/t58-,59-,60-,65-,66-,67-,68-,69-,70-,71-,72-,73-,74-,75-,80-,81-,82-,83-,84-/m0/s1. The molecule has 149 heavy (non-hydrogen) atoms. The normalized spacial score (nSPS) is 15.3. The number of nitrogens with two attached hydrogens (primary N) is 6. The number of rotatable bonds is 74. The molecule has 0 unspecified atom stereocenters. The molecule has 47 heteroatoms. The van der Waals surface area contributed by atoms with Crippen molar-refractivity contribution in [2.75, 3.05) is 44.8 Å². The van der Waals surface area contributed by atoms with Crippen LogP contribution in [0.15, 0.2) is 40.8 Å². The summed E-state index contributed by atoms with van der Waals surface area (Å²) in [6, 6.07) is -11.2. The van der Waals surface area contributed by atoms with Crippen LogP contribution in [-0.2, 0) is 109 Å². The fourth-order valence-corrected chi connectivity index (χ4v) is 16.9. The second kappa shape index (κ2) is 67.8. The van der Waals surface area contributed by atoms with Crippen molar-refractivity contribution in [2.45, 2.75) is 355 Å². The maximum absolute atomic E-state index is 14.7. The highest BCUT2D eigenvalue weighted by Crippen LogP contribution is 2.34. The lowest BCUT2D eigenvalue weighted by Gasteiger charge is -2.31. The first-order chi connectivity index (χ1) is 70.3. The average molecular weight is 2120 g/mol. The molecule has 2 aromatic carbocycles. The van der Waals surface area contributed by atoms with Gasteiger partial charge in [0.25, 0.3) is 0 Å². The van der Waals surface area contributed by atoms with Crippen LogP contribution in [0, 0.1) is 47.3 Å². The number of thioether (sulfide) groups is 1. The van der Waals surface area contributed by atoms with E-state index >= 15 is 0 Å². The molecule has 1 aromatic heterocycles. The third-order valence-electron chi connectivity index (χ3n) is 25.8. The van der Waals surface area contributed by atoms with Crippen molar-refractivity contribution >= 4 is 152 Å². The number of carbonyl (C=O) groups excluding carboxylic acids is 18. The lowest BCUT2D eigenvalue weighted by Crippen LogP contribution is -2.62. The molecule has 0 radical (unpaired) electrons. The minimum atomic E-state index is -1.96. The molecule has 46 nitrogen and oxygen atoms in total. The molecule has 31 N–H and O–H groups in total. The van der Waals surface area contributed by atoms with E-state index in [0.717, 1.165) is 10.8 Å². The number of benzene rings is 2. The van der Waals surface area contributed by atoms with Gasteiger partial charge in [0.15, 0.2) is 0 Å². The van der Waals surface area contributed by atoms with Gasteiger partial charge in [-0.25, -0.2) is 4.79 Å². The van der Waals surface area contributed by atoms with Gasteiger partial charge in [-0.3, -0.25) is 91.1 Å². The van der Waals surface area contributed by atoms with Gasteiger partial charge in [0.2, 0.25) is 106 Å². The van der Waals surface area contributed by atoms with Gasteiger partial charge in [-0.05, 0) is 193 Å². The SMILES string of the molecule is CC[C@H](C)[C@H](N)C(=O)N[C@@H](CCCCN)C(=O)N[C@@H](CC(C)C)C(=O)N[C@@H](CO)C(=O)N[C@H](C(=O)N[C@@H](CCC(N)=O)C(=O)N[C@@H](CCSC)C(=O)N[C@@H](CCCCN)C(=O)N[C@@H](CC(C)C)C(=O)NCCc1cccc2c1oc1c(CCC(=O)N[C@H](C(=O)N[C@H](C(=O)N[C@H](C(=O)N[C@@H](CCCCN)C(=O)N[C@@H](CC(C)C)C(=O)N[C@@H](CC(N)=O)C(=O)N[C@@H](CC(=O)O)C(=O)O)C(C)C)[C@@H](C)CC)[C@@H](C)CC)cccc12)C(C)C. The van der Waals surface area contributed by atoms with E-state index in [1.807, 2.05) is 63.3 Å². The Morgan fingerprint density at radius 3 is 1.07 bits per heavy atom. The highest BCUT2D eigenvalue weighted by Gasteiger charge is 2.42. The molecule has 3 rings (SSSR count). The van der Waals surface area contributed by atoms with E-state index in [2.05, 4.69) is 79.8 Å². The van der Waals surface area contributed by atoms with Gasteiger partial charge < -0.3 is 139 Å². The Morgan fingerprint density at radius 2 is 0.685 bits per heavy atom. The number of unbranched alkanes of at least 4 members (excludes halogenated alkanes) is 3. The molecule has 0 saturated heterocycles. The van der Waals surface area contributed by atoms with Crippen molar-refractivity contribution in [3.05, 3.63) is 47.5 Å². The van der Waals surface area contributed by atoms with Crippen LogP contribution in [0.1, 0.15) is 257 Å². The topological polar surface area (TPSA) is 764 Å². The monoisotopic (exact) mass is 2120 g/mol. The smallest absolute Gasteiger partial charge is 0.326 e. The van der Waals surface area contributed by atoms with Crippen LogP contribution in [0.4, 0.5) is 0 Å². The predicted octanol–water partition coefficient (Wildman–Crippen LogP) is 0.198. The molecule has 0 fully saturated rings. The summed E-state index contributed by atoms with van der Waals surface area (Å²) in [5.74, 6) is -21.4. The third-order valence-corrected chi connectivity index (χ3v) is 26.5. The number of aliphatic hydroxyl groups is 1. The lowest BCUT2D eigenvalue weighted by molar-refractivity contribution is -0.147. The van der Waals surface area contributed by atoms with E-state index in [4.69, 9.17) is 38.8 Å². The van der Waals surface area contributed by atoms with Gasteiger partial charge in [0.05, 0.1) is 25.5 Å². The van der Waals surface area contributed by atoms with Crippen LogP contribution in [-0.4, -0.2) is 275 Å². The number of hydrogen-bond donors (Lipinski definition) is 25. The Morgan fingerprint density at radius 1 is 0.349 bits per heavy atom. The number of para-hydroxylation sites is 2. The number of carboxylic acid groups (broad SMARTS) is 2. The van der Waals surface area contributed by atoms with Gasteiger partial charge >= 0.3 is 11.9 Å². The van der Waals surface area contributed by atoms with E-state index in [1.165, 1.54) is 11.8 Å². The summed E-state index contributed by atoms with van der Waals surface area (Å²) in [5, 5.41) is 73.2.